The van der Waals surface area contributed by atoms with E-state index in [-0.39, 0.29) is 6.10 Å². The minimum Gasteiger partial charge on any atom is -0.455 e. The molecule has 4 rings (SSSR count). The Morgan fingerprint density at radius 2 is 2.00 bits per heavy atom. The van der Waals surface area contributed by atoms with E-state index in [0.717, 1.165) is 12.8 Å². The van der Waals surface area contributed by atoms with Gasteiger partial charge >= 0.3 is 6.16 Å². The number of aliphatic imine (C=N–C) groups is 1. The van der Waals surface area contributed by atoms with Gasteiger partial charge in [-0.15, -0.1) is 0 Å². The van der Waals surface area contributed by atoms with Crippen molar-refractivity contribution < 1.29 is 19.0 Å². The molecule has 1 aromatic heterocycles. The molecular weight excluding hydrogens is 503 g/mol. The van der Waals surface area contributed by atoms with Crippen LogP contribution in [0, 0.1) is 0 Å². The number of fused-ring (bicyclic) bond motifs is 1. The average molecular weight is 529 g/mol. The van der Waals surface area contributed by atoms with Crippen molar-refractivity contribution in [2.75, 3.05) is 12.5 Å². The molecule has 188 valence electrons. The van der Waals surface area contributed by atoms with E-state index in [9.17, 15) is 4.79 Å². The number of halogens is 2. The zero-order chi connectivity index (χ0) is 25.7. The number of pyridine rings is 1. The molecule has 1 unspecified atom stereocenters. The smallest absolute Gasteiger partial charge is 0.455 e. The maximum Gasteiger partial charge on any atom is 0.511 e. The lowest BCUT2D eigenvalue weighted by atomic mass is 9.95. The fourth-order valence-electron chi connectivity index (χ4n) is 3.79. The molecule has 0 fully saturated rings. The Bertz CT molecular complexity index is 1330. The third-order valence-electron chi connectivity index (χ3n) is 5.37. The van der Waals surface area contributed by atoms with Gasteiger partial charge in [0, 0.05) is 23.4 Å². The maximum absolute atomic E-state index is 11.9. The number of nitrogens with two attached hydrogens (primary N) is 1. The highest BCUT2D eigenvalue weighted by Gasteiger charge is 2.26. The van der Waals surface area contributed by atoms with Gasteiger partial charge in [0.15, 0.2) is 5.75 Å². The summed E-state index contributed by atoms with van der Waals surface area (Å²) in [7, 11) is 0. The van der Waals surface area contributed by atoms with Crippen molar-refractivity contribution in [2.24, 2.45) is 4.99 Å². The van der Waals surface area contributed by atoms with Crippen LogP contribution in [0.25, 0.3) is 10.9 Å². The summed E-state index contributed by atoms with van der Waals surface area (Å²) < 4.78 is 16.2. The summed E-state index contributed by atoms with van der Waals surface area (Å²) in [5.74, 6) is 1.04. The number of benzene rings is 2. The van der Waals surface area contributed by atoms with Gasteiger partial charge in [-0.1, -0.05) is 35.3 Å². The molecule has 10 heteroatoms. The first kappa shape index (κ1) is 25.6. The summed E-state index contributed by atoms with van der Waals surface area (Å²) in [4.78, 5) is 20.9. The summed E-state index contributed by atoms with van der Waals surface area (Å²) in [6.07, 6.45) is 6.02. The Morgan fingerprint density at radius 3 is 2.75 bits per heavy atom. The van der Waals surface area contributed by atoms with Crippen molar-refractivity contribution in [3.05, 3.63) is 75.7 Å². The van der Waals surface area contributed by atoms with Crippen LogP contribution in [0.3, 0.4) is 0 Å². The predicted molar refractivity (Wildman–Crippen MR) is 142 cm³/mol. The fraction of sp³-hybridized carbons (Fsp3) is 0.269. The number of carbonyl (C=O) groups excluding carboxylic acids is 1. The predicted octanol–water partition coefficient (Wildman–Crippen LogP) is 6.41. The molecule has 0 radical (unpaired) electrons. The number of hydrogen-bond donors (Lipinski definition) is 2. The van der Waals surface area contributed by atoms with Crippen LogP contribution in [-0.2, 0) is 9.47 Å². The molecule has 0 bridgehead atoms. The van der Waals surface area contributed by atoms with E-state index in [0.29, 0.717) is 49.3 Å². The average Bonchev–Trinajstić information content (AvgIpc) is 2.86. The second kappa shape index (κ2) is 11.5. The molecule has 2 aromatic carbocycles. The first-order valence-electron chi connectivity index (χ1n) is 11.4. The molecule has 3 aromatic rings. The molecule has 1 aliphatic heterocycles. The van der Waals surface area contributed by atoms with Gasteiger partial charge in [0.05, 0.1) is 27.9 Å². The standard InChI is InChI=1S/C26H26Cl2N4O4/c1-15(2)36-26(33)35-14-34-25-18(13-19(27)16-8-6-12-31-24(16)25)23(32-21-10-3-4-11-30-21)17-7-5-9-20(29)22(17)28/h5-13,15,23,32H,3-4,14,29H2,1-2H3. The van der Waals surface area contributed by atoms with Gasteiger partial charge < -0.3 is 25.3 Å². The highest BCUT2D eigenvalue weighted by atomic mass is 35.5. The van der Waals surface area contributed by atoms with E-state index in [2.05, 4.69) is 15.3 Å². The zero-order valence-corrected chi connectivity index (χ0v) is 21.3. The van der Waals surface area contributed by atoms with Crippen molar-refractivity contribution >= 4 is 52.2 Å². The molecule has 0 saturated carbocycles. The van der Waals surface area contributed by atoms with Crippen molar-refractivity contribution in [2.45, 2.75) is 38.8 Å². The maximum atomic E-state index is 11.9. The van der Waals surface area contributed by atoms with Gasteiger partial charge in [0.2, 0.25) is 6.79 Å². The van der Waals surface area contributed by atoms with Crippen LogP contribution in [0.5, 0.6) is 5.75 Å². The number of hydrogen-bond acceptors (Lipinski definition) is 8. The Labute approximate surface area is 219 Å². The molecule has 8 nitrogen and oxygen atoms in total. The van der Waals surface area contributed by atoms with E-state index in [1.54, 1.807) is 38.2 Å². The van der Waals surface area contributed by atoms with Gasteiger partial charge in [-0.05, 0) is 62.6 Å². The molecule has 0 aliphatic carbocycles. The molecule has 2 heterocycles. The highest BCUT2D eigenvalue weighted by Crippen LogP contribution is 2.42. The normalized spacial score (nSPS) is 13.9. The third kappa shape index (κ3) is 5.83. The molecular formula is C26H26Cl2N4O4. The minimum atomic E-state index is -0.840. The van der Waals surface area contributed by atoms with E-state index in [1.807, 2.05) is 30.5 Å². The number of nitrogens with zero attached hydrogens (tertiary/aromatic N) is 2. The summed E-state index contributed by atoms with van der Waals surface area (Å²) in [5, 5.41) is 4.97. The Kier molecular flexibility index (Phi) is 8.18. The van der Waals surface area contributed by atoms with Crippen LogP contribution in [0.15, 0.2) is 59.5 Å². The Balaban J connectivity index is 1.82. The SMILES string of the molecule is CC(C)OC(=O)OCOc1c(C(NC2=CCCC=N2)c2cccc(N)c2Cl)cc(Cl)c2cccnc12. The number of anilines is 1. The monoisotopic (exact) mass is 528 g/mol. The van der Waals surface area contributed by atoms with Crippen molar-refractivity contribution in [3.8, 4) is 5.75 Å². The number of ether oxygens (including phenoxy) is 3. The van der Waals surface area contributed by atoms with Crippen LogP contribution in [0.4, 0.5) is 10.5 Å². The van der Waals surface area contributed by atoms with Crippen LogP contribution in [0.2, 0.25) is 10.0 Å². The molecule has 1 atom stereocenters. The number of nitrogens with one attached hydrogen (secondary N) is 1. The van der Waals surface area contributed by atoms with Crippen LogP contribution < -0.4 is 15.8 Å². The lowest BCUT2D eigenvalue weighted by molar-refractivity contribution is -0.00812. The minimum absolute atomic E-state index is 0.324. The van der Waals surface area contributed by atoms with E-state index in [4.69, 9.17) is 43.1 Å². The zero-order valence-electron chi connectivity index (χ0n) is 19.8. The number of allylic oxidation sites excluding steroid dienone is 1. The summed E-state index contributed by atoms with van der Waals surface area (Å²) in [5.41, 5.74) is 8.36. The summed E-state index contributed by atoms with van der Waals surface area (Å²) >= 11 is 13.4. The molecule has 0 spiro atoms. The lowest BCUT2D eigenvalue weighted by Crippen LogP contribution is -2.24. The largest absolute Gasteiger partial charge is 0.511 e. The second-order valence-electron chi connectivity index (χ2n) is 8.31. The lowest BCUT2D eigenvalue weighted by Gasteiger charge is -2.26. The second-order valence-corrected chi connectivity index (χ2v) is 9.09. The molecule has 0 saturated heterocycles. The van der Waals surface area contributed by atoms with E-state index < -0.39 is 19.0 Å². The van der Waals surface area contributed by atoms with Crippen LogP contribution in [0.1, 0.15) is 43.9 Å². The number of carbonyl (C=O) groups is 1. The van der Waals surface area contributed by atoms with Crippen LogP contribution in [-0.4, -0.2) is 30.3 Å². The third-order valence-corrected chi connectivity index (χ3v) is 6.12. The first-order chi connectivity index (χ1) is 17.3. The molecule has 36 heavy (non-hydrogen) atoms. The van der Waals surface area contributed by atoms with Crippen molar-refractivity contribution in [1.82, 2.24) is 10.3 Å². The molecule has 3 N–H and O–H groups in total. The summed E-state index contributed by atoms with van der Waals surface area (Å²) in [6.45, 7) is 3.06. The topological polar surface area (TPSA) is 108 Å². The van der Waals surface area contributed by atoms with Crippen molar-refractivity contribution in [3.63, 3.8) is 0 Å². The Morgan fingerprint density at radius 1 is 1.17 bits per heavy atom. The fourth-order valence-corrected chi connectivity index (χ4v) is 4.30. The van der Waals surface area contributed by atoms with E-state index in [1.165, 1.54) is 0 Å². The van der Waals surface area contributed by atoms with Gasteiger partial charge in [-0.25, -0.2) is 9.79 Å². The first-order valence-corrected chi connectivity index (χ1v) is 12.2. The summed E-state index contributed by atoms with van der Waals surface area (Å²) in [6, 6.07) is 10.2. The number of aromatic nitrogens is 1. The van der Waals surface area contributed by atoms with Gasteiger partial charge in [0.25, 0.3) is 0 Å². The van der Waals surface area contributed by atoms with Crippen LogP contribution >= 0.6 is 23.2 Å². The molecule has 0 amide bonds. The van der Waals surface area contributed by atoms with Gasteiger partial charge in [-0.3, -0.25) is 4.98 Å². The van der Waals surface area contributed by atoms with Gasteiger partial charge in [0.1, 0.15) is 11.3 Å². The number of rotatable bonds is 8. The highest BCUT2D eigenvalue weighted by molar-refractivity contribution is 6.36. The van der Waals surface area contributed by atoms with E-state index >= 15 is 0 Å². The number of nitrogen functional groups attached to an aromatic ring is 1. The Hall–Kier alpha value is -3.49. The molecule has 1 aliphatic rings. The quantitative estimate of drug-likeness (QED) is 0.197. The van der Waals surface area contributed by atoms with Crippen molar-refractivity contribution in [1.29, 1.82) is 0 Å². The van der Waals surface area contributed by atoms with Gasteiger partial charge in [-0.2, -0.15) is 0 Å².